The molecule has 0 unspecified atom stereocenters. The predicted octanol–water partition coefficient (Wildman–Crippen LogP) is 4.86. The van der Waals surface area contributed by atoms with E-state index < -0.39 is 11.7 Å². The van der Waals surface area contributed by atoms with Crippen LogP contribution in [0.4, 0.5) is 10.1 Å². The van der Waals surface area contributed by atoms with Crippen molar-refractivity contribution in [3.05, 3.63) is 80.9 Å². The Bertz CT molecular complexity index is 1280. The number of anilines is 1. The van der Waals surface area contributed by atoms with Crippen LogP contribution in [0.15, 0.2) is 59.7 Å². The largest absolute Gasteiger partial charge is 0.323 e. The molecule has 2 aromatic carbocycles. The molecule has 0 saturated heterocycles. The highest BCUT2D eigenvalue weighted by Crippen LogP contribution is 2.35. The first-order chi connectivity index (χ1) is 13.9. The number of aryl methyl sites for hydroxylation is 1. The molecule has 0 fully saturated rings. The second-order valence-electron chi connectivity index (χ2n) is 6.43. The monoisotopic (exact) mass is 427 g/mol. The number of aromatic nitrogens is 2. The number of rotatable bonds is 4. The summed E-state index contributed by atoms with van der Waals surface area (Å²) in [5.41, 5.74) is 1.74. The number of halogens is 2. The molecular formula is C21H15ClFN3O2S. The maximum absolute atomic E-state index is 13.2. The highest BCUT2D eigenvalue weighted by molar-refractivity contribution is 7.19. The third-order valence-electron chi connectivity index (χ3n) is 4.44. The number of thiophene rings is 1. The molecule has 0 radical (unpaired) electrons. The zero-order valence-corrected chi connectivity index (χ0v) is 16.9. The Morgan fingerprint density at radius 2 is 2.00 bits per heavy atom. The predicted molar refractivity (Wildman–Crippen MR) is 114 cm³/mol. The van der Waals surface area contributed by atoms with Crippen molar-refractivity contribution in [3.63, 3.8) is 0 Å². The summed E-state index contributed by atoms with van der Waals surface area (Å²) in [6, 6.07) is 13.3. The molecule has 0 aliphatic heterocycles. The van der Waals surface area contributed by atoms with Gasteiger partial charge in [0.2, 0.25) is 5.91 Å². The molecule has 4 rings (SSSR count). The average Bonchev–Trinajstić information content (AvgIpc) is 3.04. The number of nitrogens with one attached hydrogen (secondary N) is 1. The van der Waals surface area contributed by atoms with Crippen molar-refractivity contribution in [2.75, 3.05) is 5.32 Å². The molecule has 2 aromatic heterocycles. The number of fused-ring (bicyclic) bond motifs is 1. The number of amides is 1. The molecule has 4 aromatic rings. The molecule has 146 valence electrons. The zero-order chi connectivity index (χ0) is 20.5. The minimum Gasteiger partial charge on any atom is -0.323 e. The summed E-state index contributed by atoms with van der Waals surface area (Å²) in [4.78, 5) is 31.5. The van der Waals surface area contributed by atoms with E-state index in [1.54, 1.807) is 0 Å². The quantitative estimate of drug-likeness (QED) is 0.505. The van der Waals surface area contributed by atoms with E-state index in [4.69, 9.17) is 11.6 Å². The first-order valence-corrected chi connectivity index (χ1v) is 9.92. The number of hydrogen-bond acceptors (Lipinski definition) is 4. The first kappa shape index (κ1) is 19.3. The van der Waals surface area contributed by atoms with E-state index in [1.807, 2.05) is 37.3 Å². The number of carbonyl (C=O) groups excluding carboxylic acids is 1. The maximum Gasteiger partial charge on any atom is 0.263 e. The standard InChI is InChI=1S/C21H15ClFN3O2S/c1-12-18(13-5-3-2-4-6-13)19-20(29-12)24-11-26(21(19)28)10-17(27)25-16-8-7-14(23)9-15(16)22/h2-9,11H,10H2,1H3,(H,25,27). The summed E-state index contributed by atoms with van der Waals surface area (Å²) < 4.78 is 14.4. The van der Waals surface area contributed by atoms with E-state index in [0.29, 0.717) is 10.2 Å². The molecule has 8 heteroatoms. The summed E-state index contributed by atoms with van der Waals surface area (Å²) in [7, 11) is 0. The molecule has 0 aliphatic rings. The van der Waals surface area contributed by atoms with Gasteiger partial charge in [0, 0.05) is 10.4 Å². The van der Waals surface area contributed by atoms with Gasteiger partial charge < -0.3 is 5.32 Å². The van der Waals surface area contributed by atoms with Gasteiger partial charge in [-0.25, -0.2) is 9.37 Å². The van der Waals surface area contributed by atoms with Crippen molar-refractivity contribution in [1.82, 2.24) is 9.55 Å². The normalized spacial score (nSPS) is 11.0. The van der Waals surface area contributed by atoms with E-state index in [0.717, 1.165) is 22.1 Å². The van der Waals surface area contributed by atoms with Crippen LogP contribution in [0, 0.1) is 12.7 Å². The van der Waals surface area contributed by atoms with E-state index in [1.165, 1.54) is 34.4 Å². The van der Waals surface area contributed by atoms with Gasteiger partial charge in [-0.3, -0.25) is 14.2 Å². The maximum atomic E-state index is 13.2. The van der Waals surface area contributed by atoms with E-state index >= 15 is 0 Å². The topological polar surface area (TPSA) is 64.0 Å². The highest BCUT2D eigenvalue weighted by Gasteiger charge is 2.18. The highest BCUT2D eigenvalue weighted by atomic mass is 35.5. The van der Waals surface area contributed by atoms with Gasteiger partial charge in [0.1, 0.15) is 17.2 Å². The molecule has 1 amide bonds. The van der Waals surface area contributed by atoms with Gasteiger partial charge in [0.15, 0.2) is 0 Å². The fourth-order valence-corrected chi connectivity index (χ4v) is 4.36. The Labute approximate surface area is 174 Å². The Morgan fingerprint density at radius 1 is 1.24 bits per heavy atom. The lowest BCUT2D eigenvalue weighted by Gasteiger charge is -2.09. The van der Waals surface area contributed by atoms with Crippen molar-refractivity contribution in [3.8, 4) is 11.1 Å². The third-order valence-corrected chi connectivity index (χ3v) is 5.76. The molecule has 2 heterocycles. The minimum atomic E-state index is -0.500. The molecule has 5 nitrogen and oxygen atoms in total. The van der Waals surface area contributed by atoms with Gasteiger partial charge in [-0.05, 0) is 30.7 Å². The van der Waals surface area contributed by atoms with Crippen molar-refractivity contribution >= 4 is 44.7 Å². The molecule has 0 atom stereocenters. The van der Waals surface area contributed by atoms with Gasteiger partial charge in [0.05, 0.1) is 22.4 Å². The molecule has 0 spiro atoms. The smallest absolute Gasteiger partial charge is 0.263 e. The summed E-state index contributed by atoms with van der Waals surface area (Å²) in [5.74, 6) is -0.963. The summed E-state index contributed by atoms with van der Waals surface area (Å²) in [6.45, 7) is 1.71. The number of carbonyl (C=O) groups is 1. The van der Waals surface area contributed by atoms with Crippen LogP contribution in [-0.2, 0) is 11.3 Å². The van der Waals surface area contributed by atoms with Crippen LogP contribution in [0.3, 0.4) is 0 Å². The van der Waals surface area contributed by atoms with Gasteiger partial charge in [-0.15, -0.1) is 11.3 Å². The lowest BCUT2D eigenvalue weighted by atomic mass is 10.0. The van der Waals surface area contributed by atoms with Gasteiger partial charge in [-0.1, -0.05) is 41.9 Å². The zero-order valence-electron chi connectivity index (χ0n) is 15.3. The van der Waals surface area contributed by atoms with E-state index in [2.05, 4.69) is 10.3 Å². The SMILES string of the molecule is Cc1sc2ncn(CC(=O)Nc3ccc(F)cc3Cl)c(=O)c2c1-c1ccccc1. The van der Waals surface area contributed by atoms with E-state index in [-0.39, 0.29) is 22.8 Å². The molecule has 29 heavy (non-hydrogen) atoms. The third kappa shape index (κ3) is 3.79. The van der Waals surface area contributed by atoms with Crippen LogP contribution < -0.4 is 10.9 Å². The Morgan fingerprint density at radius 3 is 2.72 bits per heavy atom. The van der Waals surface area contributed by atoms with Crippen molar-refractivity contribution < 1.29 is 9.18 Å². The van der Waals surface area contributed by atoms with Gasteiger partial charge >= 0.3 is 0 Å². The molecule has 0 aliphatic carbocycles. The van der Waals surface area contributed by atoms with Crippen molar-refractivity contribution in [2.24, 2.45) is 0 Å². The molecular weight excluding hydrogens is 413 g/mol. The Balaban J connectivity index is 1.69. The first-order valence-electron chi connectivity index (χ1n) is 8.73. The minimum absolute atomic E-state index is 0.0825. The second kappa shape index (κ2) is 7.77. The van der Waals surface area contributed by atoms with Gasteiger partial charge in [0.25, 0.3) is 5.56 Å². The molecule has 0 saturated carbocycles. The molecule has 1 N–H and O–H groups in total. The fraction of sp³-hybridized carbons (Fsp3) is 0.0952. The van der Waals surface area contributed by atoms with Crippen LogP contribution in [-0.4, -0.2) is 15.5 Å². The molecule has 0 bridgehead atoms. The van der Waals surface area contributed by atoms with Crippen LogP contribution >= 0.6 is 22.9 Å². The lowest BCUT2D eigenvalue weighted by molar-refractivity contribution is -0.116. The van der Waals surface area contributed by atoms with Crippen LogP contribution in [0.25, 0.3) is 21.3 Å². The van der Waals surface area contributed by atoms with Crippen LogP contribution in [0.2, 0.25) is 5.02 Å². The second-order valence-corrected chi connectivity index (χ2v) is 8.04. The van der Waals surface area contributed by atoms with Gasteiger partial charge in [-0.2, -0.15) is 0 Å². The summed E-state index contributed by atoms with van der Waals surface area (Å²) in [6.07, 6.45) is 1.36. The average molecular weight is 428 g/mol. The Hall–Kier alpha value is -3.03. The fourth-order valence-electron chi connectivity index (χ4n) is 3.14. The number of benzene rings is 2. The van der Waals surface area contributed by atoms with Crippen LogP contribution in [0.1, 0.15) is 4.88 Å². The lowest BCUT2D eigenvalue weighted by Crippen LogP contribution is -2.27. The summed E-state index contributed by atoms with van der Waals surface area (Å²) in [5, 5.41) is 3.17. The van der Waals surface area contributed by atoms with Crippen molar-refractivity contribution in [2.45, 2.75) is 13.5 Å². The van der Waals surface area contributed by atoms with E-state index in [9.17, 15) is 14.0 Å². The number of nitrogens with zero attached hydrogens (tertiary/aromatic N) is 2. The number of hydrogen-bond donors (Lipinski definition) is 1. The van der Waals surface area contributed by atoms with Crippen LogP contribution in [0.5, 0.6) is 0 Å². The van der Waals surface area contributed by atoms with Crippen molar-refractivity contribution in [1.29, 1.82) is 0 Å². The Kier molecular flexibility index (Phi) is 5.17. The summed E-state index contributed by atoms with van der Waals surface area (Å²) >= 11 is 7.39.